The predicted octanol–water partition coefficient (Wildman–Crippen LogP) is 2.05. The van der Waals surface area contributed by atoms with Gasteiger partial charge in [-0.2, -0.15) is 0 Å². The minimum atomic E-state index is -0.0501. The highest BCUT2D eigenvalue weighted by Gasteiger charge is 2.29. The Balaban J connectivity index is 1.92. The molecular formula is C19H28N2O3. The monoisotopic (exact) mass is 332 g/mol. The summed E-state index contributed by atoms with van der Waals surface area (Å²) in [5.74, 6) is 0.237. The summed E-state index contributed by atoms with van der Waals surface area (Å²) in [5, 5.41) is 9.29. The Labute approximate surface area is 144 Å². The number of piperidine rings is 1. The molecule has 5 heteroatoms. The normalized spacial score (nSPS) is 15.3. The van der Waals surface area contributed by atoms with E-state index in [2.05, 4.69) is 0 Å². The topological polar surface area (TPSA) is 60.9 Å². The first kappa shape index (κ1) is 18.5. The summed E-state index contributed by atoms with van der Waals surface area (Å²) in [4.78, 5) is 28.4. The molecule has 1 heterocycles. The van der Waals surface area contributed by atoms with Gasteiger partial charge < -0.3 is 14.9 Å². The minimum absolute atomic E-state index is 0.0353. The average Bonchev–Trinajstić information content (AvgIpc) is 2.62. The number of rotatable bonds is 7. The van der Waals surface area contributed by atoms with Crippen LogP contribution in [0.5, 0.6) is 0 Å². The Morgan fingerprint density at radius 2 is 1.88 bits per heavy atom. The van der Waals surface area contributed by atoms with Gasteiger partial charge in [0.1, 0.15) is 0 Å². The van der Waals surface area contributed by atoms with E-state index in [0.29, 0.717) is 45.4 Å². The van der Waals surface area contributed by atoms with Gasteiger partial charge in [-0.05, 0) is 24.8 Å². The Hall–Kier alpha value is -1.88. The number of hydrogen-bond acceptors (Lipinski definition) is 3. The maximum Gasteiger partial charge on any atom is 0.226 e. The van der Waals surface area contributed by atoms with E-state index in [-0.39, 0.29) is 24.3 Å². The van der Waals surface area contributed by atoms with Gasteiger partial charge in [-0.15, -0.1) is 0 Å². The number of aliphatic hydroxyl groups is 1. The zero-order valence-corrected chi connectivity index (χ0v) is 14.5. The Morgan fingerprint density at radius 1 is 1.21 bits per heavy atom. The van der Waals surface area contributed by atoms with E-state index >= 15 is 0 Å². The Morgan fingerprint density at radius 3 is 2.46 bits per heavy atom. The third-order valence-electron chi connectivity index (χ3n) is 4.56. The number of amides is 2. The molecule has 1 saturated heterocycles. The van der Waals surface area contributed by atoms with Crippen LogP contribution in [0.3, 0.4) is 0 Å². The summed E-state index contributed by atoms with van der Waals surface area (Å²) in [6.07, 6.45) is 2.87. The fourth-order valence-corrected chi connectivity index (χ4v) is 3.20. The molecule has 1 aromatic carbocycles. The van der Waals surface area contributed by atoms with Crippen molar-refractivity contribution in [2.24, 2.45) is 5.92 Å². The second kappa shape index (κ2) is 9.42. The molecule has 2 amide bonds. The molecule has 1 aromatic rings. The van der Waals surface area contributed by atoms with Gasteiger partial charge in [0.25, 0.3) is 0 Å². The van der Waals surface area contributed by atoms with Crippen molar-refractivity contribution in [1.29, 1.82) is 0 Å². The molecule has 1 fully saturated rings. The van der Waals surface area contributed by atoms with Crippen molar-refractivity contribution in [1.82, 2.24) is 9.80 Å². The van der Waals surface area contributed by atoms with Gasteiger partial charge in [0, 0.05) is 38.5 Å². The quantitative estimate of drug-likeness (QED) is 0.831. The Bertz CT molecular complexity index is 525. The molecule has 1 N–H and O–H groups in total. The van der Waals surface area contributed by atoms with Crippen LogP contribution < -0.4 is 0 Å². The van der Waals surface area contributed by atoms with Crippen LogP contribution in [0.1, 0.15) is 38.2 Å². The van der Waals surface area contributed by atoms with Crippen molar-refractivity contribution < 1.29 is 14.7 Å². The third kappa shape index (κ3) is 5.06. The second-order valence-corrected chi connectivity index (χ2v) is 6.37. The van der Waals surface area contributed by atoms with Crippen LogP contribution in [0.4, 0.5) is 0 Å². The summed E-state index contributed by atoms with van der Waals surface area (Å²) < 4.78 is 0. The molecule has 0 aliphatic carbocycles. The molecule has 0 atom stereocenters. The van der Waals surface area contributed by atoms with Crippen LogP contribution in [-0.4, -0.2) is 53.0 Å². The van der Waals surface area contributed by atoms with E-state index in [0.717, 1.165) is 12.0 Å². The lowest BCUT2D eigenvalue weighted by atomic mass is 9.94. The van der Waals surface area contributed by atoms with Crippen molar-refractivity contribution in [3.05, 3.63) is 35.9 Å². The SMILES string of the molecule is CCCC(=O)N1CCC(C(=O)N(CCO)Cc2ccccc2)CC1. The first-order valence-electron chi connectivity index (χ1n) is 8.87. The smallest absolute Gasteiger partial charge is 0.226 e. The highest BCUT2D eigenvalue weighted by molar-refractivity contribution is 5.80. The maximum absolute atomic E-state index is 12.8. The van der Waals surface area contributed by atoms with Gasteiger partial charge in [-0.3, -0.25) is 9.59 Å². The number of carbonyl (C=O) groups excluding carboxylic acids is 2. The Kier molecular flexibility index (Phi) is 7.25. The van der Waals surface area contributed by atoms with Crippen molar-refractivity contribution in [2.45, 2.75) is 39.2 Å². The third-order valence-corrected chi connectivity index (χ3v) is 4.56. The van der Waals surface area contributed by atoms with Crippen LogP contribution in [0.2, 0.25) is 0 Å². The molecule has 1 aliphatic rings. The minimum Gasteiger partial charge on any atom is -0.395 e. The zero-order chi connectivity index (χ0) is 17.4. The van der Waals surface area contributed by atoms with Crippen LogP contribution in [0.15, 0.2) is 30.3 Å². The summed E-state index contributed by atoms with van der Waals surface area (Å²) >= 11 is 0. The summed E-state index contributed by atoms with van der Waals surface area (Å²) in [7, 11) is 0. The highest BCUT2D eigenvalue weighted by atomic mass is 16.3. The number of benzene rings is 1. The van der Waals surface area contributed by atoms with Gasteiger partial charge in [0.2, 0.25) is 11.8 Å². The van der Waals surface area contributed by atoms with Crippen molar-refractivity contribution >= 4 is 11.8 Å². The molecular weight excluding hydrogens is 304 g/mol. The molecule has 0 radical (unpaired) electrons. The molecule has 5 nitrogen and oxygen atoms in total. The standard InChI is InChI=1S/C19H28N2O3/c1-2-6-18(23)20-11-9-17(10-12-20)19(24)21(13-14-22)15-16-7-4-3-5-8-16/h3-5,7-8,17,22H,2,6,9-15H2,1H3. The van der Waals surface area contributed by atoms with Crippen LogP contribution in [-0.2, 0) is 16.1 Å². The molecule has 132 valence electrons. The number of aliphatic hydroxyl groups excluding tert-OH is 1. The molecule has 1 aliphatic heterocycles. The van der Waals surface area contributed by atoms with E-state index in [1.54, 1.807) is 4.90 Å². The largest absolute Gasteiger partial charge is 0.395 e. The lowest BCUT2D eigenvalue weighted by molar-refractivity contribution is -0.141. The highest BCUT2D eigenvalue weighted by Crippen LogP contribution is 2.21. The number of hydrogen-bond donors (Lipinski definition) is 1. The summed E-state index contributed by atoms with van der Waals surface area (Å²) in [5.41, 5.74) is 1.06. The molecule has 0 bridgehead atoms. The first-order valence-corrected chi connectivity index (χ1v) is 8.87. The molecule has 2 rings (SSSR count). The number of carbonyl (C=O) groups is 2. The molecule has 0 unspecified atom stereocenters. The number of likely N-dealkylation sites (tertiary alicyclic amines) is 1. The number of nitrogens with zero attached hydrogens (tertiary/aromatic N) is 2. The first-order chi connectivity index (χ1) is 11.7. The second-order valence-electron chi connectivity index (χ2n) is 6.37. The van der Waals surface area contributed by atoms with E-state index in [4.69, 9.17) is 0 Å². The molecule has 24 heavy (non-hydrogen) atoms. The van der Waals surface area contributed by atoms with E-state index in [9.17, 15) is 14.7 Å². The van der Waals surface area contributed by atoms with Gasteiger partial charge in [-0.1, -0.05) is 37.3 Å². The van der Waals surface area contributed by atoms with Crippen LogP contribution in [0, 0.1) is 5.92 Å². The lowest BCUT2D eigenvalue weighted by Gasteiger charge is -2.34. The fraction of sp³-hybridized carbons (Fsp3) is 0.579. The molecule has 0 aromatic heterocycles. The molecule has 0 saturated carbocycles. The average molecular weight is 332 g/mol. The molecule has 0 spiro atoms. The van der Waals surface area contributed by atoms with Crippen molar-refractivity contribution in [2.75, 3.05) is 26.2 Å². The van der Waals surface area contributed by atoms with Crippen LogP contribution in [0.25, 0.3) is 0 Å². The van der Waals surface area contributed by atoms with Gasteiger partial charge in [0.15, 0.2) is 0 Å². The van der Waals surface area contributed by atoms with E-state index in [1.807, 2.05) is 42.2 Å². The maximum atomic E-state index is 12.8. The lowest BCUT2D eigenvalue weighted by Crippen LogP contribution is -2.44. The van der Waals surface area contributed by atoms with E-state index < -0.39 is 0 Å². The fourth-order valence-electron chi connectivity index (χ4n) is 3.20. The summed E-state index contributed by atoms with van der Waals surface area (Å²) in [6, 6.07) is 9.83. The van der Waals surface area contributed by atoms with E-state index in [1.165, 1.54) is 0 Å². The van der Waals surface area contributed by atoms with Crippen molar-refractivity contribution in [3.63, 3.8) is 0 Å². The predicted molar refractivity (Wildman–Crippen MR) is 93.2 cm³/mol. The zero-order valence-electron chi connectivity index (χ0n) is 14.5. The van der Waals surface area contributed by atoms with Gasteiger partial charge >= 0.3 is 0 Å². The van der Waals surface area contributed by atoms with Gasteiger partial charge in [-0.25, -0.2) is 0 Å². The summed E-state index contributed by atoms with van der Waals surface area (Å²) in [6.45, 7) is 4.16. The van der Waals surface area contributed by atoms with Crippen LogP contribution >= 0.6 is 0 Å². The van der Waals surface area contributed by atoms with Gasteiger partial charge in [0.05, 0.1) is 6.61 Å². The van der Waals surface area contributed by atoms with Crippen molar-refractivity contribution in [3.8, 4) is 0 Å².